The second kappa shape index (κ2) is 14.0. The van der Waals surface area contributed by atoms with Gasteiger partial charge in [0.1, 0.15) is 0 Å². The van der Waals surface area contributed by atoms with E-state index in [2.05, 4.69) is 60.3 Å². The highest BCUT2D eigenvalue weighted by Gasteiger charge is 2.32. The summed E-state index contributed by atoms with van der Waals surface area (Å²) in [5, 5.41) is 1.34. The number of nitrogens with zero attached hydrogens (tertiary/aromatic N) is 2. The summed E-state index contributed by atoms with van der Waals surface area (Å²) >= 11 is 3.54. The van der Waals surface area contributed by atoms with Gasteiger partial charge in [-0.2, -0.15) is 16.8 Å². The van der Waals surface area contributed by atoms with Gasteiger partial charge in [0.15, 0.2) is 0 Å². The van der Waals surface area contributed by atoms with Gasteiger partial charge in [0.25, 0.3) is 20.2 Å². The first-order valence-electron chi connectivity index (χ1n) is 14.9. The van der Waals surface area contributed by atoms with Crippen LogP contribution in [0.15, 0.2) is 70.8 Å². The third kappa shape index (κ3) is 8.27. The Balaban J connectivity index is 1.31. The van der Waals surface area contributed by atoms with Gasteiger partial charge in [0.05, 0.1) is 22.6 Å². The van der Waals surface area contributed by atoms with Crippen LogP contribution >= 0.6 is 23.1 Å². The molecule has 44 heavy (non-hydrogen) atoms. The largest absolute Gasteiger partial charge is 0.381 e. The molecule has 1 aliphatic heterocycles. The van der Waals surface area contributed by atoms with Gasteiger partial charge < -0.3 is 9.80 Å². The summed E-state index contributed by atoms with van der Waals surface area (Å²) in [6.07, 6.45) is 9.73. The lowest BCUT2D eigenvalue weighted by molar-refractivity contribution is 0.398. The lowest BCUT2D eigenvalue weighted by Gasteiger charge is -2.29. The summed E-state index contributed by atoms with van der Waals surface area (Å²) in [5.41, 5.74) is 4.91. The Morgan fingerprint density at radius 1 is 0.932 bits per heavy atom. The molecule has 1 aliphatic carbocycles. The molecule has 0 fully saturated rings. The van der Waals surface area contributed by atoms with E-state index in [9.17, 15) is 25.9 Å². The SMILES string of the molecule is CN(C)C1=C(/C=C/c2sc3ccccc3c2CCCS(=O)(=O)O)CCC1CCC1Sc2ccccc2N1CCCS(=O)(=O)O. The molecule has 2 unspecified atom stereocenters. The van der Waals surface area contributed by atoms with Crippen molar-refractivity contribution in [3.05, 3.63) is 76.3 Å². The molecule has 0 saturated heterocycles. The fourth-order valence-electron chi connectivity index (χ4n) is 6.48. The van der Waals surface area contributed by atoms with Crippen molar-refractivity contribution < 1.29 is 25.9 Å². The van der Waals surface area contributed by atoms with Gasteiger partial charge in [-0.15, -0.1) is 11.3 Å². The molecule has 0 radical (unpaired) electrons. The number of hydrogen-bond acceptors (Lipinski definition) is 8. The molecule has 2 N–H and O–H groups in total. The number of rotatable bonds is 14. The Kier molecular flexibility index (Phi) is 10.5. The van der Waals surface area contributed by atoms with Gasteiger partial charge >= 0.3 is 0 Å². The van der Waals surface area contributed by atoms with E-state index in [0.717, 1.165) is 51.9 Å². The maximum Gasteiger partial charge on any atom is 0.264 e. The maximum absolute atomic E-state index is 11.3. The number of allylic oxidation sites excluding steroid dienone is 3. The minimum atomic E-state index is -4.00. The van der Waals surface area contributed by atoms with Crippen LogP contribution in [0.4, 0.5) is 5.69 Å². The minimum Gasteiger partial charge on any atom is -0.381 e. The highest BCUT2D eigenvalue weighted by molar-refractivity contribution is 8.00. The summed E-state index contributed by atoms with van der Waals surface area (Å²) in [4.78, 5) is 6.86. The number of thioether (sulfide) groups is 1. The standard InChI is InChI=1S/C32H40N2O6S4/c1-33(2)32-23(16-18-29-26(10-7-21-43(35,36)37)25-9-3-5-12-28(25)41-29)14-15-24(32)17-19-31-34(20-8-22-44(38,39)40)27-11-4-6-13-30(27)42-31/h3-6,9,11-13,16,18,24,31H,7-8,10,14-15,17,19-22H2,1-2H3,(H,35,36,37)(H,38,39,40)/b18-16+. The van der Waals surface area contributed by atoms with Crippen molar-refractivity contribution in [2.24, 2.45) is 5.92 Å². The summed E-state index contributed by atoms with van der Waals surface area (Å²) < 4.78 is 65.0. The van der Waals surface area contributed by atoms with Gasteiger partial charge in [-0.1, -0.05) is 48.2 Å². The number of aryl methyl sites for hydroxylation is 1. The normalized spacial score (nSPS) is 19.0. The van der Waals surface area contributed by atoms with E-state index in [1.54, 1.807) is 11.3 Å². The smallest absolute Gasteiger partial charge is 0.264 e. The van der Waals surface area contributed by atoms with E-state index >= 15 is 0 Å². The van der Waals surface area contributed by atoms with Crippen molar-refractivity contribution >= 4 is 65.2 Å². The highest BCUT2D eigenvalue weighted by Crippen LogP contribution is 2.47. The van der Waals surface area contributed by atoms with Crippen LogP contribution in [0.3, 0.4) is 0 Å². The van der Waals surface area contributed by atoms with E-state index < -0.39 is 20.2 Å². The summed E-state index contributed by atoms with van der Waals surface area (Å²) in [6.45, 7) is 0.575. The van der Waals surface area contributed by atoms with Crippen molar-refractivity contribution in [1.29, 1.82) is 0 Å². The van der Waals surface area contributed by atoms with E-state index in [0.29, 0.717) is 31.7 Å². The summed E-state index contributed by atoms with van der Waals surface area (Å²) in [7, 11) is -3.79. The number of benzene rings is 2. The molecule has 0 amide bonds. The zero-order chi connectivity index (χ0) is 31.5. The van der Waals surface area contributed by atoms with Gasteiger partial charge in [0, 0.05) is 40.8 Å². The fourth-order valence-corrected chi connectivity index (χ4v) is 9.99. The monoisotopic (exact) mass is 676 g/mol. The predicted octanol–water partition coefficient (Wildman–Crippen LogP) is 6.96. The number of para-hydroxylation sites is 1. The Bertz CT molecular complexity index is 1760. The van der Waals surface area contributed by atoms with Crippen molar-refractivity contribution in [2.45, 2.75) is 55.2 Å². The minimum absolute atomic E-state index is 0.209. The second-order valence-electron chi connectivity index (χ2n) is 11.7. The van der Waals surface area contributed by atoms with E-state index in [4.69, 9.17) is 0 Å². The molecule has 0 spiro atoms. The maximum atomic E-state index is 11.3. The zero-order valence-corrected chi connectivity index (χ0v) is 28.3. The van der Waals surface area contributed by atoms with E-state index in [1.807, 2.05) is 36.0 Å². The first kappa shape index (κ1) is 33.0. The van der Waals surface area contributed by atoms with Crippen LogP contribution in [0.5, 0.6) is 0 Å². The first-order chi connectivity index (χ1) is 20.9. The molecule has 0 bridgehead atoms. The van der Waals surface area contributed by atoms with Gasteiger partial charge in [-0.3, -0.25) is 9.11 Å². The third-order valence-corrected chi connectivity index (χ3v) is 12.5. The van der Waals surface area contributed by atoms with Crippen molar-refractivity contribution in [3.63, 3.8) is 0 Å². The number of hydrogen-bond donors (Lipinski definition) is 2. The molecule has 1 aromatic heterocycles. The number of fused-ring (bicyclic) bond motifs is 2. The second-order valence-corrected chi connectivity index (χ2v) is 17.1. The topological polar surface area (TPSA) is 115 Å². The first-order valence-corrected chi connectivity index (χ1v) is 19.8. The Labute approximate surface area is 269 Å². The fraction of sp³-hybridized carbons (Fsp3) is 0.438. The lowest BCUT2D eigenvalue weighted by atomic mass is 9.99. The van der Waals surface area contributed by atoms with Crippen LogP contribution in [0, 0.1) is 5.92 Å². The number of thiophene rings is 1. The van der Waals surface area contributed by atoms with Crippen LogP contribution in [0.2, 0.25) is 0 Å². The summed E-state index contributed by atoms with van der Waals surface area (Å²) in [6, 6.07) is 16.4. The molecular formula is C32H40N2O6S4. The predicted molar refractivity (Wildman–Crippen MR) is 183 cm³/mol. The van der Waals surface area contributed by atoms with Gasteiger partial charge in [-0.25, -0.2) is 0 Å². The highest BCUT2D eigenvalue weighted by atomic mass is 32.2. The van der Waals surface area contributed by atoms with Crippen LogP contribution in [0.25, 0.3) is 16.2 Å². The van der Waals surface area contributed by atoms with Crippen molar-refractivity contribution in [2.75, 3.05) is 37.0 Å². The van der Waals surface area contributed by atoms with Gasteiger partial charge in [0.2, 0.25) is 0 Å². The average molecular weight is 677 g/mol. The van der Waals surface area contributed by atoms with E-state index in [1.165, 1.54) is 16.2 Å². The molecule has 5 rings (SSSR count). The Morgan fingerprint density at radius 3 is 2.39 bits per heavy atom. The molecule has 2 atom stereocenters. The van der Waals surface area contributed by atoms with E-state index in [-0.39, 0.29) is 16.9 Å². The van der Waals surface area contributed by atoms with Gasteiger partial charge in [-0.05, 0) is 91.7 Å². The van der Waals surface area contributed by atoms with Crippen LogP contribution < -0.4 is 4.90 Å². The van der Waals surface area contributed by atoms with Crippen LogP contribution in [-0.4, -0.2) is 68.4 Å². The number of anilines is 1. The van der Waals surface area contributed by atoms with Crippen molar-refractivity contribution in [3.8, 4) is 0 Å². The van der Waals surface area contributed by atoms with Crippen LogP contribution in [0.1, 0.15) is 49.0 Å². The molecule has 0 saturated carbocycles. The Morgan fingerprint density at radius 2 is 1.64 bits per heavy atom. The Hall–Kier alpha value is -2.35. The summed E-state index contributed by atoms with van der Waals surface area (Å²) in [5.74, 6) is -0.0812. The lowest BCUT2D eigenvalue weighted by Crippen LogP contribution is -2.32. The molecule has 2 aliphatic rings. The quantitative estimate of drug-likeness (QED) is 0.175. The molecule has 2 aromatic carbocycles. The third-order valence-electron chi connectivity index (χ3n) is 8.30. The molecule has 3 aromatic rings. The molecular weight excluding hydrogens is 637 g/mol. The molecule has 12 heteroatoms. The zero-order valence-electron chi connectivity index (χ0n) is 25.1. The average Bonchev–Trinajstić information content (AvgIpc) is 3.63. The molecule has 8 nitrogen and oxygen atoms in total. The molecule has 238 valence electrons. The van der Waals surface area contributed by atoms with Crippen molar-refractivity contribution in [1.82, 2.24) is 4.90 Å². The van der Waals surface area contributed by atoms with Crippen LogP contribution in [-0.2, 0) is 26.7 Å². The molecule has 2 heterocycles.